The lowest BCUT2D eigenvalue weighted by atomic mass is 10.0. The van der Waals surface area contributed by atoms with Gasteiger partial charge in [0.05, 0.1) is 19.1 Å². The minimum Gasteiger partial charge on any atom is -0.394 e. The lowest BCUT2D eigenvalue weighted by Gasteiger charge is -2.30. The fourth-order valence-electron chi connectivity index (χ4n) is 2.53. The second-order valence-corrected chi connectivity index (χ2v) is 6.17. The highest BCUT2D eigenvalue weighted by atomic mass is 31.2. The molecule has 3 N–H and O–H groups in total. The number of nitrogens with one attached hydrogen (secondary N) is 1. The number of aliphatic hydroxyl groups is 1. The molecule has 2 aliphatic heterocycles. The molecule has 1 aromatic rings. The lowest BCUT2D eigenvalue weighted by Crippen LogP contribution is -2.39. The Kier molecular flexibility index (Phi) is 3.60. The van der Waals surface area contributed by atoms with Gasteiger partial charge < -0.3 is 14.7 Å². The van der Waals surface area contributed by atoms with E-state index >= 15 is 0 Å². The topological polar surface area (TPSA) is 140 Å². The third-order valence-electron chi connectivity index (χ3n) is 3.46. The van der Waals surface area contributed by atoms with Crippen LogP contribution in [0.5, 0.6) is 0 Å². The molecule has 2 aliphatic rings. The average molecular weight is 320 g/mol. The van der Waals surface area contributed by atoms with E-state index < -0.39 is 50.0 Å². The zero-order chi connectivity index (χ0) is 15.2. The maximum absolute atomic E-state index is 11.8. The number of phosphoric ester groups is 1. The largest absolute Gasteiger partial charge is 0.472 e. The van der Waals surface area contributed by atoms with Crippen LogP contribution in [0.4, 0.5) is 0 Å². The Morgan fingerprint density at radius 2 is 2.24 bits per heavy atom. The molecule has 0 bridgehead atoms. The number of aliphatic hydroxyl groups excluding tert-OH is 1. The highest BCUT2D eigenvalue weighted by Gasteiger charge is 2.53. The minimum atomic E-state index is -4.18. The third-order valence-corrected chi connectivity index (χ3v) is 4.44. The van der Waals surface area contributed by atoms with Crippen LogP contribution in [-0.2, 0) is 18.3 Å². The van der Waals surface area contributed by atoms with Crippen molar-refractivity contribution in [3.05, 3.63) is 33.1 Å². The van der Waals surface area contributed by atoms with Gasteiger partial charge in [0.1, 0.15) is 18.4 Å². The van der Waals surface area contributed by atoms with Gasteiger partial charge in [0, 0.05) is 12.3 Å². The summed E-state index contributed by atoms with van der Waals surface area (Å²) in [5, 5.41) is 9.29. The number of ether oxygens (including phenoxy) is 1. The Morgan fingerprint density at radius 1 is 1.48 bits per heavy atom. The highest BCUT2D eigenvalue weighted by molar-refractivity contribution is 7.47. The Labute approximate surface area is 117 Å². The number of rotatable bonds is 2. The van der Waals surface area contributed by atoms with E-state index in [2.05, 4.69) is 4.98 Å². The number of phosphoric acid groups is 1. The molecule has 1 unspecified atom stereocenters. The first kappa shape index (κ1) is 14.6. The van der Waals surface area contributed by atoms with E-state index in [1.165, 1.54) is 6.20 Å². The van der Waals surface area contributed by atoms with Gasteiger partial charge in [0.2, 0.25) is 0 Å². The molecule has 0 radical (unpaired) electrons. The van der Waals surface area contributed by atoms with Gasteiger partial charge in [-0.25, -0.2) is 9.36 Å². The van der Waals surface area contributed by atoms with Crippen molar-refractivity contribution in [2.75, 3.05) is 13.2 Å². The molecule has 116 valence electrons. The second-order valence-electron chi connectivity index (χ2n) is 4.76. The fourth-order valence-corrected chi connectivity index (χ4v) is 3.55. The molecule has 0 aromatic carbocycles. The standard InChI is InChI=1S/C10H13N2O8P/c13-3-6-8-5(4-18-21(16,17)20-8)9(19-6)12-2-1-7(14)11-10(12)15/h1-2,5-6,8-9,13H,3-4H2,(H,16,17)(H,11,14,15)/t5-,6-,8+,9-/m1/s1. The molecule has 0 aliphatic carbocycles. The van der Waals surface area contributed by atoms with Crippen LogP contribution in [0, 0.1) is 5.92 Å². The molecule has 0 amide bonds. The molecule has 3 heterocycles. The van der Waals surface area contributed by atoms with Gasteiger partial charge in [0.15, 0.2) is 0 Å². The summed E-state index contributed by atoms with van der Waals surface area (Å²) < 4.78 is 27.7. The molecule has 0 saturated carbocycles. The van der Waals surface area contributed by atoms with Crippen LogP contribution >= 0.6 is 7.82 Å². The van der Waals surface area contributed by atoms with E-state index in [0.29, 0.717) is 0 Å². The Morgan fingerprint density at radius 3 is 2.90 bits per heavy atom. The Hall–Kier alpha value is -1.29. The quantitative estimate of drug-likeness (QED) is 0.563. The van der Waals surface area contributed by atoms with E-state index in [4.69, 9.17) is 13.8 Å². The molecule has 2 fully saturated rings. The summed E-state index contributed by atoms with van der Waals surface area (Å²) >= 11 is 0. The van der Waals surface area contributed by atoms with Gasteiger partial charge in [-0.3, -0.25) is 23.4 Å². The van der Waals surface area contributed by atoms with Gasteiger partial charge in [-0.05, 0) is 0 Å². The predicted octanol–water partition coefficient (Wildman–Crippen LogP) is -1.44. The SMILES string of the molecule is O=c1ccn([C@@H]2O[C@H](CO)[C@H]3OP(=O)(O)OC[C@H]32)c(=O)[nH]1. The first-order valence-corrected chi connectivity index (χ1v) is 7.64. The molecule has 1 aromatic heterocycles. The number of aromatic amines is 1. The molecule has 10 nitrogen and oxygen atoms in total. The van der Waals surface area contributed by atoms with E-state index in [9.17, 15) is 24.2 Å². The molecular formula is C10H13N2O8P. The molecule has 3 rings (SSSR count). The monoisotopic (exact) mass is 320 g/mol. The zero-order valence-electron chi connectivity index (χ0n) is 10.6. The minimum absolute atomic E-state index is 0.175. The molecule has 2 saturated heterocycles. The van der Waals surface area contributed by atoms with E-state index in [1.807, 2.05) is 0 Å². The fraction of sp³-hybridized carbons (Fsp3) is 0.600. The third kappa shape index (κ3) is 2.61. The number of fused-ring (bicyclic) bond motifs is 1. The van der Waals surface area contributed by atoms with Crippen LogP contribution < -0.4 is 11.2 Å². The normalized spacial score (nSPS) is 39.1. The van der Waals surface area contributed by atoms with Crippen molar-refractivity contribution < 1.29 is 28.3 Å². The highest BCUT2D eigenvalue weighted by Crippen LogP contribution is 2.54. The van der Waals surface area contributed by atoms with Crippen LogP contribution in [0.25, 0.3) is 0 Å². The van der Waals surface area contributed by atoms with Crippen molar-refractivity contribution in [3.8, 4) is 0 Å². The Bertz CT molecular complexity index is 699. The van der Waals surface area contributed by atoms with Crippen LogP contribution in [0.3, 0.4) is 0 Å². The molecule has 5 atom stereocenters. The van der Waals surface area contributed by atoms with Gasteiger partial charge in [0.25, 0.3) is 5.56 Å². The van der Waals surface area contributed by atoms with Crippen molar-refractivity contribution in [1.82, 2.24) is 9.55 Å². The van der Waals surface area contributed by atoms with Crippen molar-refractivity contribution >= 4 is 7.82 Å². The summed E-state index contributed by atoms with van der Waals surface area (Å²) in [7, 11) is -4.18. The molecule has 21 heavy (non-hydrogen) atoms. The van der Waals surface area contributed by atoms with Crippen LogP contribution in [0.15, 0.2) is 21.9 Å². The number of nitrogens with zero attached hydrogens (tertiary/aromatic N) is 1. The van der Waals surface area contributed by atoms with E-state index in [1.54, 1.807) is 0 Å². The number of H-pyrrole nitrogens is 1. The number of aromatic nitrogens is 2. The van der Waals surface area contributed by atoms with Crippen molar-refractivity contribution in [2.24, 2.45) is 5.92 Å². The van der Waals surface area contributed by atoms with Crippen LogP contribution in [-0.4, -0.2) is 45.0 Å². The number of hydrogen-bond donors (Lipinski definition) is 3. The van der Waals surface area contributed by atoms with E-state index in [0.717, 1.165) is 10.6 Å². The summed E-state index contributed by atoms with van der Waals surface area (Å²) in [5.74, 6) is -0.569. The summed E-state index contributed by atoms with van der Waals surface area (Å²) in [6, 6.07) is 1.15. The second kappa shape index (κ2) is 5.16. The lowest BCUT2D eigenvalue weighted by molar-refractivity contribution is -0.0447. The summed E-state index contributed by atoms with van der Waals surface area (Å²) in [6.07, 6.45) is -1.39. The smallest absolute Gasteiger partial charge is 0.394 e. The van der Waals surface area contributed by atoms with Crippen LogP contribution in [0.1, 0.15) is 6.23 Å². The van der Waals surface area contributed by atoms with Gasteiger partial charge >= 0.3 is 13.5 Å². The Balaban J connectivity index is 1.96. The van der Waals surface area contributed by atoms with Crippen molar-refractivity contribution in [1.29, 1.82) is 0 Å². The number of hydrogen-bond acceptors (Lipinski definition) is 7. The van der Waals surface area contributed by atoms with Crippen molar-refractivity contribution in [3.63, 3.8) is 0 Å². The van der Waals surface area contributed by atoms with Crippen molar-refractivity contribution in [2.45, 2.75) is 18.4 Å². The molecule has 0 spiro atoms. The summed E-state index contributed by atoms with van der Waals surface area (Å²) in [6.45, 7) is -0.624. The van der Waals surface area contributed by atoms with Crippen LogP contribution in [0.2, 0.25) is 0 Å². The van der Waals surface area contributed by atoms with E-state index in [-0.39, 0.29) is 6.61 Å². The average Bonchev–Trinajstić information content (AvgIpc) is 2.75. The first-order valence-electron chi connectivity index (χ1n) is 6.15. The summed E-state index contributed by atoms with van der Waals surface area (Å²) in [5.41, 5.74) is -1.25. The predicted molar refractivity (Wildman–Crippen MR) is 66.5 cm³/mol. The van der Waals surface area contributed by atoms with Gasteiger partial charge in [-0.15, -0.1) is 0 Å². The maximum atomic E-state index is 11.8. The molecule has 11 heteroatoms. The zero-order valence-corrected chi connectivity index (χ0v) is 11.5. The van der Waals surface area contributed by atoms with Gasteiger partial charge in [-0.1, -0.05) is 0 Å². The first-order chi connectivity index (χ1) is 9.91. The maximum Gasteiger partial charge on any atom is 0.472 e. The van der Waals surface area contributed by atoms with Gasteiger partial charge in [-0.2, -0.15) is 0 Å². The summed E-state index contributed by atoms with van der Waals surface area (Å²) in [4.78, 5) is 34.3. The molecular weight excluding hydrogens is 307 g/mol.